The number of carbonyl (C=O) groups excluding carboxylic acids is 1. The van der Waals surface area contributed by atoms with Crippen molar-refractivity contribution >= 4 is 5.91 Å². The Labute approximate surface area is 173 Å². The SMILES string of the molecule is Cc1ccc(CN(C)C(=O)Cc2c(C)nn(-c3ccc(C(F)(F)F)cn3)c2C)cc1. The lowest BCUT2D eigenvalue weighted by atomic mass is 10.1. The zero-order valence-corrected chi connectivity index (χ0v) is 17.3. The molecule has 3 rings (SSSR count). The van der Waals surface area contributed by atoms with E-state index < -0.39 is 11.7 Å². The first-order valence-corrected chi connectivity index (χ1v) is 9.44. The third kappa shape index (κ3) is 4.69. The second-order valence-electron chi connectivity index (χ2n) is 7.38. The lowest BCUT2D eigenvalue weighted by molar-refractivity contribution is -0.137. The van der Waals surface area contributed by atoms with Gasteiger partial charge in [-0.3, -0.25) is 4.79 Å². The van der Waals surface area contributed by atoms with Crippen molar-refractivity contribution in [3.05, 3.63) is 76.2 Å². The number of hydrogen-bond acceptors (Lipinski definition) is 3. The number of amides is 1. The summed E-state index contributed by atoms with van der Waals surface area (Å²) in [6.07, 6.45) is -3.51. The first kappa shape index (κ1) is 21.5. The van der Waals surface area contributed by atoms with Gasteiger partial charge in [0.25, 0.3) is 0 Å². The predicted octanol–water partition coefficient (Wildman–Crippen LogP) is 4.41. The smallest absolute Gasteiger partial charge is 0.341 e. The Hall–Kier alpha value is -3.16. The lowest BCUT2D eigenvalue weighted by Crippen LogP contribution is -2.28. The lowest BCUT2D eigenvalue weighted by Gasteiger charge is -2.17. The highest BCUT2D eigenvalue weighted by Crippen LogP contribution is 2.29. The number of likely N-dealkylation sites (N-methyl/N-ethyl adjacent to an activating group) is 1. The number of halogens is 3. The topological polar surface area (TPSA) is 51.0 Å². The van der Waals surface area contributed by atoms with Gasteiger partial charge in [0.15, 0.2) is 5.82 Å². The summed E-state index contributed by atoms with van der Waals surface area (Å²) >= 11 is 0. The van der Waals surface area contributed by atoms with Crippen molar-refractivity contribution in [2.75, 3.05) is 7.05 Å². The molecule has 2 aromatic heterocycles. The molecule has 0 aliphatic carbocycles. The van der Waals surface area contributed by atoms with E-state index in [0.717, 1.165) is 29.0 Å². The molecule has 0 aliphatic rings. The van der Waals surface area contributed by atoms with E-state index in [1.165, 1.54) is 10.7 Å². The monoisotopic (exact) mass is 416 g/mol. The van der Waals surface area contributed by atoms with Gasteiger partial charge in [0.2, 0.25) is 5.91 Å². The molecule has 158 valence electrons. The Morgan fingerprint density at radius 1 is 1.07 bits per heavy atom. The molecular formula is C22H23F3N4O. The van der Waals surface area contributed by atoms with Crippen LogP contribution in [0.4, 0.5) is 13.2 Å². The molecule has 0 spiro atoms. The molecule has 0 fully saturated rings. The van der Waals surface area contributed by atoms with Crippen LogP contribution < -0.4 is 0 Å². The summed E-state index contributed by atoms with van der Waals surface area (Å²) < 4.78 is 39.8. The fraction of sp³-hybridized carbons (Fsp3) is 0.318. The molecule has 1 aromatic carbocycles. The van der Waals surface area contributed by atoms with Crippen molar-refractivity contribution in [1.29, 1.82) is 0 Å². The highest BCUT2D eigenvalue weighted by Gasteiger charge is 2.31. The van der Waals surface area contributed by atoms with Crippen molar-refractivity contribution in [3.63, 3.8) is 0 Å². The van der Waals surface area contributed by atoms with Crippen LogP contribution in [0.1, 0.15) is 33.6 Å². The minimum absolute atomic E-state index is 0.0679. The molecule has 0 aliphatic heterocycles. The van der Waals surface area contributed by atoms with Gasteiger partial charge in [0.05, 0.1) is 17.7 Å². The van der Waals surface area contributed by atoms with Crippen LogP contribution in [0.25, 0.3) is 5.82 Å². The molecule has 3 aromatic rings. The zero-order valence-electron chi connectivity index (χ0n) is 17.3. The molecule has 5 nitrogen and oxygen atoms in total. The van der Waals surface area contributed by atoms with Crippen LogP contribution in [0.15, 0.2) is 42.6 Å². The molecule has 0 radical (unpaired) electrons. The fourth-order valence-electron chi connectivity index (χ4n) is 3.17. The first-order chi connectivity index (χ1) is 14.1. The summed E-state index contributed by atoms with van der Waals surface area (Å²) in [5.74, 6) is 0.206. The Morgan fingerprint density at radius 3 is 2.30 bits per heavy atom. The summed E-state index contributed by atoms with van der Waals surface area (Å²) in [4.78, 5) is 18.3. The Bertz CT molecular complexity index is 1040. The fourth-order valence-corrected chi connectivity index (χ4v) is 3.17. The maximum atomic E-state index is 12.8. The number of alkyl halides is 3. The van der Waals surface area contributed by atoms with E-state index in [2.05, 4.69) is 10.1 Å². The molecule has 0 saturated carbocycles. The number of aromatic nitrogens is 3. The molecule has 8 heteroatoms. The number of rotatable bonds is 5. The predicted molar refractivity (Wildman–Crippen MR) is 107 cm³/mol. The van der Waals surface area contributed by atoms with Crippen molar-refractivity contribution < 1.29 is 18.0 Å². The van der Waals surface area contributed by atoms with Crippen LogP contribution >= 0.6 is 0 Å². The molecule has 0 saturated heterocycles. The van der Waals surface area contributed by atoms with Crippen molar-refractivity contribution in [2.24, 2.45) is 0 Å². The van der Waals surface area contributed by atoms with Crippen molar-refractivity contribution in [1.82, 2.24) is 19.7 Å². The summed E-state index contributed by atoms with van der Waals surface area (Å²) in [6, 6.07) is 10.2. The average Bonchev–Trinajstić information content (AvgIpc) is 2.97. The van der Waals surface area contributed by atoms with Crippen LogP contribution in [0.2, 0.25) is 0 Å². The van der Waals surface area contributed by atoms with E-state index in [-0.39, 0.29) is 18.1 Å². The van der Waals surface area contributed by atoms with E-state index in [9.17, 15) is 18.0 Å². The number of hydrogen-bond donors (Lipinski definition) is 0. The average molecular weight is 416 g/mol. The summed E-state index contributed by atoms with van der Waals surface area (Å²) in [6.45, 7) is 6.05. The molecule has 0 bridgehead atoms. The molecule has 0 N–H and O–H groups in total. The molecular weight excluding hydrogens is 393 g/mol. The standard InChI is InChI=1S/C22H23F3N4O/c1-14-5-7-17(8-6-14)13-28(4)21(30)11-19-15(2)27-29(16(19)3)20-10-9-18(12-26-20)22(23,24)25/h5-10,12H,11,13H2,1-4H3. The zero-order chi connectivity index (χ0) is 22.1. The van der Waals surface area contributed by atoms with Crippen LogP contribution in [-0.2, 0) is 23.9 Å². The van der Waals surface area contributed by atoms with Crippen LogP contribution in [-0.4, -0.2) is 32.6 Å². The molecule has 1 amide bonds. The number of nitrogens with zero attached hydrogens (tertiary/aromatic N) is 4. The van der Waals surface area contributed by atoms with Gasteiger partial charge in [0.1, 0.15) is 0 Å². The molecule has 2 heterocycles. The second-order valence-corrected chi connectivity index (χ2v) is 7.38. The number of benzene rings is 1. The molecule has 30 heavy (non-hydrogen) atoms. The maximum Gasteiger partial charge on any atom is 0.417 e. The normalized spacial score (nSPS) is 11.6. The van der Waals surface area contributed by atoms with Crippen molar-refractivity contribution in [3.8, 4) is 5.82 Å². The quantitative estimate of drug-likeness (QED) is 0.619. The Balaban J connectivity index is 1.76. The molecule has 0 unspecified atom stereocenters. The third-order valence-corrected chi connectivity index (χ3v) is 5.03. The van der Waals surface area contributed by atoms with Crippen LogP contribution in [0.3, 0.4) is 0 Å². The molecule has 0 atom stereocenters. The van der Waals surface area contributed by atoms with E-state index in [4.69, 9.17) is 0 Å². The van der Waals surface area contributed by atoms with E-state index >= 15 is 0 Å². The first-order valence-electron chi connectivity index (χ1n) is 9.44. The van der Waals surface area contributed by atoms with E-state index in [1.54, 1.807) is 25.8 Å². The summed E-state index contributed by atoms with van der Waals surface area (Å²) in [5, 5.41) is 4.38. The van der Waals surface area contributed by atoms with Gasteiger partial charge in [-0.1, -0.05) is 29.8 Å². The summed E-state index contributed by atoms with van der Waals surface area (Å²) in [5.41, 5.74) is 3.44. The highest BCUT2D eigenvalue weighted by molar-refractivity contribution is 5.79. The van der Waals surface area contributed by atoms with E-state index in [1.807, 2.05) is 31.2 Å². The second kappa shape index (κ2) is 8.30. The number of pyridine rings is 1. The van der Waals surface area contributed by atoms with Gasteiger partial charge >= 0.3 is 6.18 Å². The largest absolute Gasteiger partial charge is 0.417 e. The maximum absolute atomic E-state index is 12.8. The van der Waals surface area contributed by atoms with Crippen molar-refractivity contribution in [2.45, 2.75) is 39.9 Å². The van der Waals surface area contributed by atoms with Gasteiger partial charge in [-0.25, -0.2) is 9.67 Å². The highest BCUT2D eigenvalue weighted by atomic mass is 19.4. The van der Waals surface area contributed by atoms with Crippen LogP contribution in [0, 0.1) is 20.8 Å². The number of carbonyl (C=O) groups is 1. The number of aryl methyl sites for hydroxylation is 2. The van der Waals surface area contributed by atoms with Gasteiger partial charge < -0.3 is 4.90 Å². The van der Waals surface area contributed by atoms with Gasteiger partial charge in [-0.05, 0) is 38.5 Å². The van der Waals surface area contributed by atoms with Gasteiger partial charge in [-0.15, -0.1) is 0 Å². The summed E-state index contributed by atoms with van der Waals surface area (Å²) in [7, 11) is 1.74. The third-order valence-electron chi connectivity index (χ3n) is 5.03. The minimum Gasteiger partial charge on any atom is -0.341 e. The van der Waals surface area contributed by atoms with E-state index in [0.29, 0.717) is 17.9 Å². The Kier molecular flexibility index (Phi) is 5.96. The van der Waals surface area contributed by atoms with Gasteiger partial charge in [0, 0.05) is 31.0 Å². The minimum atomic E-state index is -4.44. The van der Waals surface area contributed by atoms with Gasteiger partial charge in [-0.2, -0.15) is 18.3 Å². The Morgan fingerprint density at radius 2 is 1.73 bits per heavy atom. The van der Waals surface area contributed by atoms with Crippen LogP contribution in [0.5, 0.6) is 0 Å².